The van der Waals surface area contributed by atoms with Crippen LogP contribution in [0.4, 0.5) is 0 Å². The molecular formula is C12H11N5O2. The predicted octanol–water partition coefficient (Wildman–Crippen LogP) is 0.918. The Bertz CT molecular complexity index is 689. The fraction of sp³-hybridized carbons (Fsp3) is 0.167. The van der Waals surface area contributed by atoms with Gasteiger partial charge in [-0.1, -0.05) is 11.2 Å². The van der Waals surface area contributed by atoms with Gasteiger partial charge in [-0.15, -0.1) is 0 Å². The standard InChI is InChI=1S/C12H11N5O2/c18-12(13-4-3-11-14-7-19-17-11)8-1-2-9-6-15-16-10(9)5-8/h1-2,5-7H,3-4H2,(H,13,18)(H,15,16). The van der Waals surface area contributed by atoms with E-state index in [1.807, 2.05) is 6.07 Å². The normalized spacial score (nSPS) is 10.7. The van der Waals surface area contributed by atoms with E-state index in [-0.39, 0.29) is 5.91 Å². The summed E-state index contributed by atoms with van der Waals surface area (Å²) < 4.78 is 4.61. The van der Waals surface area contributed by atoms with E-state index >= 15 is 0 Å². The zero-order valence-electron chi connectivity index (χ0n) is 9.96. The van der Waals surface area contributed by atoms with Crippen molar-refractivity contribution >= 4 is 16.8 Å². The van der Waals surface area contributed by atoms with Crippen molar-refractivity contribution in [3.8, 4) is 0 Å². The number of hydrogen-bond acceptors (Lipinski definition) is 5. The summed E-state index contributed by atoms with van der Waals surface area (Å²) in [5, 5.41) is 14.2. The fourth-order valence-electron chi connectivity index (χ4n) is 1.77. The topological polar surface area (TPSA) is 96.7 Å². The Morgan fingerprint density at radius 1 is 1.42 bits per heavy atom. The first-order valence-corrected chi connectivity index (χ1v) is 5.79. The van der Waals surface area contributed by atoms with Gasteiger partial charge in [0.1, 0.15) is 0 Å². The van der Waals surface area contributed by atoms with E-state index in [4.69, 9.17) is 0 Å². The molecule has 0 radical (unpaired) electrons. The maximum absolute atomic E-state index is 11.9. The summed E-state index contributed by atoms with van der Waals surface area (Å²) in [5.74, 6) is 0.435. The summed E-state index contributed by atoms with van der Waals surface area (Å²) in [6, 6.07) is 5.39. The lowest BCUT2D eigenvalue weighted by Gasteiger charge is -2.03. The van der Waals surface area contributed by atoms with Gasteiger partial charge in [0, 0.05) is 23.9 Å². The number of carbonyl (C=O) groups is 1. The lowest BCUT2D eigenvalue weighted by atomic mass is 10.1. The number of hydrogen-bond donors (Lipinski definition) is 2. The molecule has 0 bridgehead atoms. The van der Waals surface area contributed by atoms with Crippen molar-refractivity contribution in [2.45, 2.75) is 6.42 Å². The molecule has 0 saturated carbocycles. The largest absolute Gasteiger partial charge is 0.352 e. The maximum Gasteiger partial charge on any atom is 0.251 e. The Balaban J connectivity index is 1.63. The van der Waals surface area contributed by atoms with Crippen LogP contribution in [0.15, 0.2) is 35.3 Å². The Morgan fingerprint density at radius 2 is 2.37 bits per heavy atom. The Hall–Kier alpha value is -2.70. The Morgan fingerprint density at radius 3 is 3.21 bits per heavy atom. The van der Waals surface area contributed by atoms with Crippen LogP contribution in [0, 0.1) is 0 Å². The molecule has 1 aromatic carbocycles. The van der Waals surface area contributed by atoms with Crippen LogP contribution >= 0.6 is 0 Å². The van der Waals surface area contributed by atoms with Gasteiger partial charge in [0.25, 0.3) is 5.91 Å². The van der Waals surface area contributed by atoms with E-state index in [1.54, 1.807) is 18.3 Å². The van der Waals surface area contributed by atoms with Gasteiger partial charge in [-0.3, -0.25) is 9.89 Å². The maximum atomic E-state index is 11.9. The SMILES string of the molecule is O=C(NCCc1ncon1)c1ccc2cn[nH]c2c1. The number of carbonyl (C=O) groups excluding carboxylic acids is 1. The first-order valence-electron chi connectivity index (χ1n) is 5.79. The number of benzene rings is 1. The van der Waals surface area contributed by atoms with E-state index < -0.39 is 0 Å². The number of aromatic nitrogens is 4. The average molecular weight is 257 g/mol. The molecule has 0 aliphatic carbocycles. The molecule has 2 aromatic heterocycles. The van der Waals surface area contributed by atoms with Crippen LogP contribution in [0.1, 0.15) is 16.2 Å². The van der Waals surface area contributed by atoms with Crippen LogP contribution in [0.2, 0.25) is 0 Å². The molecule has 3 rings (SSSR count). The fourth-order valence-corrected chi connectivity index (χ4v) is 1.77. The van der Waals surface area contributed by atoms with Gasteiger partial charge in [-0.2, -0.15) is 10.1 Å². The van der Waals surface area contributed by atoms with Gasteiger partial charge in [-0.05, 0) is 12.1 Å². The van der Waals surface area contributed by atoms with E-state index in [0.717, 1.165) is 10.9 Å². The first-order chi connectivity index (χ1) is 9.33. The molecule has 2 N–H and O–H groups in total. The third-order valence-electron chi connectivity index (χ3n) is 2.75. The van der Waals surface area contributed by atoms with Gasteiger partial charge in [0.05, 0.1) is 11.7 Å². The molecule has 0 aliphatic rings. The first kappa shape index (κ1) is 11.4. The third-order valence-corrected chi connectivity index (χ3v) is 2.75. The molecule has 2 heterocycles. The molecule has 96 valence electrons. The second kappa shape index (κ2) is 4.89. The van der Waals surface area contributed by atoms with E-state index in [2.05, 4.69) is 30.2 Å². The van der Waals surface area contributed by atoms with E-state index in [9.17, 15) is 4.79 Å². The second-order valence-electron chi connectivity index (χ2n) is 4.03. The molecule has 0 unspecified atom stereocenters. The minimum atomic E-state index is -0.139. The van der Waals surface area contributed by atoms with Crippen molar-refractivity contribution < 1.29 is 9.32 Å². The van der Waals surface area contributed by atoms with Gasteiger partial charge < -0.3 is 9.84 Å². The summed E-state index contributed by atoms with van der Waals surface area (Å²) >= 11 is 0. The monoisotopic (exact) mass is 257 g/mol. The summed E-state index contributed by atoms with van der Waals surface area (Å²) in [5.41, 5.74) is 1.43. The highest BCUT2D eigenvalue weighted by Crippen LogP contribution is 2.12. The molecule has 19 heavy (non-hydrogen) atoms. The zero-order chi connectivity index (χ0) is 13.1. The van der Waals surface area contributed by atoms with Gasteiger partial charge in [0.2, 0.25) is 6.39 Å². The van der Waals surface area contributed by atoms with Gasteiger partial charge in [0.15, 0.2) is 5.82 Å². The van der Waals surface area contributed by atoms with E-state index in [0.29, 0.717) is 24.4 Å². The molecule has 0 atom stereocenters. The molecular weight excluding hydrogens is 246 g/mol. The number of H-pyrrole nitrogens is 1. The molecule has 1 amide bonds. The van der Waals surface area contributed by atoms with Crippen LogP contribution in [0.3, 0.4) is 0 Å². The van der Waals surface area contributed by atoms with Crippen molar-refractivity contribution in [1.82, 2.24) is 25.7 Å². The molecule has 0 saturated heterocycles. The van der Waals surface area contributed by atoms with Crippen LogP contribution in [-0.2, 0) is 6.42 Å². The van der Waals surface area contributed by atoms with Crippen LogP contribution in [-0.4, -0.2) is 32.8 Å². The molecule has 7 nitrogen and oxygen atoms in total. The second-order valence-corrected chi connectivity index (χ2v) is 4.03. The van der Waals surface area contributed by atoms with Gasteiger partial charge >= 0.3 is 0 Å². The Kier molecular flexibility index (Phi) is 2.93. The molecule has 0 spiro atoms. The quantitative estimate of drug-likeness (QED) is 0.724. The highest BCUT2D eigenvalue weighted by atomic mass is 16.5. The summed E-state index contributed by atoms with van der Waals surface area (Å²) in [6.07, 6.45) is 3.52. The third kappa shape index (κ3) is 2.44. The van der Waals surface area contributed by atoms with Crippen LogP contribution in [0.5, 0.6) is 0 Å². The molecule has 3 aromatic rings. The van der Waals surface area contributed by atoms with Crippen molar-refractivity contribution in [2.75, 3.05) is 6.54 Å². The van der Waals surface area contributed by atoms with Crippen LogP contribution < -0.4 is 5.32 Å². The number of nitrogens with zero attached hydrogens (tertiary/aromatic N) is 3. The predicted molar refractivity (Wildman–Crippen MR) is 66.4 cm³/mol. The molecule has 0 fully saturated rings. The van der Waals surface area contributed by atoms with Gasteiger partial charge in [-0.25, -0.2) is 0 Å². The van der Waals surface area contributed by atoms with Crippen LogP contribution in [0.25, 0.3) is 10.9 Å². The zero-order valence-corrected chi connectivity index (χ0v) is 9.96. The number of amides is 1. The summed E-state index contributed by atoms with van der Waals surface area (Å²) in [4.78, 5) is 15.8. The minimum absolute atomic E-state index is 0.139. The summed E-state index contributed by atoms with van der Waals surface area (Å²) in [6.45, 7) is 0.458. The van der Waals surface area contributed by atoms with Crippen molar-refractivity contribution in [3.05, 3.63) is 42.2 Å². The smallest absolute Gasteiger partial charge is 0.251 e. The average Bonchev–Trinajstić information content (AvgIpc) is 3.08. The highest BCUT2D eigenvalue weighted by Gasteiger charge is 2.07. The van der Waals surface area contributed by atoms with Crippen molar-refractivity contribution in [3.63, 3.8) is 0 Å². The van der Waals surface area contributed by atoms with Crippen molar-refractivity contribution in [1.29, 1.82) is 0 Å². The summed E-state index contributed by atoms with van der Waals surface area (Å²) in [7, 11) is 0. The molecule has 7 heteroatoms. The number of fused-ring (bicyclic) bond motifs is 1. The lowest BCUT2D eigenvalue weighted by Crippen LogP contribution is -2.25. The number of rotatable bonds is 4. The molecule has 0 aliphatic heterocycles. The number of aromatic amines is 1. The highest BCUT2D eigenvalue weighted by molar-refractivity contribution is 5.97. The minimum Gasteiger partial charge on any atom is -0.352 e. The Labute approximate surface area is 108 Å². The number of nitrogens with one attached hydrogen (secondary N) is 2. The van der Waals surface area contributed by atoms with E-state index in [1.165, 1.54) is 6.39 Å². The van der Waals surface area contributed by atoms with Crippen molar-refractivity contribution in [2.24, 2.45) is 0 Å². The lowest BCUT2D eigenvalue weighted by molar-refractivity contribution is 0.0954.